The van der Waals surface area contributed by atoms with Crippen molar-refractivity contribution in [1.82, 2.24) is 0 Å². The first-order chi connectivity index (χ1) is 17.5. The summed E-state index contributed by atoms with van der Waals surface area (Å²) < 4.78 is 44.3. The van der Waals surface area contributed by atoms with E-state index >= 15 is 0 Å². The van der Waals surface area contributed by atoms with Crippen LogP contribution in [-0.4, -0.2) is 86.7 Å². The number of rotatable bonds is 8. The van der Waals surface area contributed by atoms with E-state index in [-0.39, 0.29) is 31.7 Å². The van der Waals surface area contributed by atoms with E-state index in [0.29, 0.717) is 6.42 Å². The molecule has 0 amide bonds. The highest BCUT2D eigenvalue weighted by Crippen LogP contribution is 2.40. The molecule has 13 heteroatoms. The molecule has 3 aliphatic heterocycles. The summed E-state index contributed by atoms with van der Waals surface area (Å²) in [5.41, 5.74) is 0. The number of carbonyl (C=O) groups is 5. The molecule has 0 unspecified atom stereocenters. The van der Waals surface area contributed by atoms with Gasteiger partial charge in [-0.3, -0.25) is 24.0 Å². The van der Waals surface area contributed by atoms with Gasteiger partial charge in [0.05, 0.1) is 19.1 Å². The lowest BCUT2D eigenvalue weighted by atomic mass is 9.76. The molecule has 3 aliphatic rings. The maximum Gasteiger partial charge on any atom is 0.311 e. The molecule has 0 aromatic rings. The Morgan fingerprint density at radius 3 is 2.14 bits per heavy atom. The van der Waals surface area contributed by atoms with Gasteiger partial charge in [0.1, 0.15) is 12.7 Å². The molecule has 0 saturated carbocycles. The maximum absolute atomic E-state index is 12.2. The largest absolute Gasteiger partial charge is 0.465 e. The number of carbonyl (C=O) groups excluding carboxylic acids is 5. The second-order valence-electron chi connectivity index (χ2n) is 8.95. The van der Waals surface area contributed by atoms with Crippen LogP contribution >= 0.6 is 0 Å². The van der Waals surface area contributed by atoms with Gasteiger partial charge in [0.25, 0.3) is 0 Å². The van der Waals surface area contributed by atoms with E-state index < -0.39 is 72.7 Å². The molecule has 3 saturated heterocycles. The number of hydrogen-bond acceptors (Lipinski definition) is 13. The molecule has 0 spiro atoms. The third kappa shape index (κ3) is 7.05. The summed E-state index contributed by atoms with van der Waals surface area (Å²) in [6.07, 6.45) is -5.43. The molecule has 0 aliphatic carbocycles. The molecule has 0 radical (unpaired) electrons. The van der Waals surface area contributed by atoms with Crippen molar-refractivity contribution < 1.29 is 61.9 Å². The predicted molar refractivity (Wildman–Crippen MR) is 119 cm³/mol. The van der Waals surface area contributed by atoms with Crippen LogP contribution in [0.15, 0.2) is 12.7 Å². The molecule has 0 aromatic heterocycles. The zero-order valence-corrected chi connectivity index (χ0v) is 21.1. The molecule has 9 atom stereocenters. The molecule has 3 fully saturated rings. The van der Waals surface area contributed by atoms with Crippen LogP contribution in [0.3, 0.4) is 0 Å². The van der Waals surface area contributed by atoms with Crippen LogP contribution in [0.1, 0.15) is 34.1 Å². The summed E-state index contributed by atoms with van der Waals surface area (Å²) in [6.45, 7) is 8.30. The van der Waals surface area contributed by atoms with Gasteiger partial charge < -0.3 is 37.9 Å². The Balaban J connectivity index is 1.93. The summed E-state index contributed by atoms with van der Waals surface area (Å²) >= 11 is 0. The number of esters is 5. The molecular weight excluding hydrogens is 496 g/mol. The summed E-state index contributed by atoms with van der Waals surface area (Å²) in [4.78, 5) is 59.5. The van der Waals surface area contributed by atoms with Crippen LogP contribution in [0.2, 0.25) is 0 Å². The van der Waals surface area contributed by atoms with Gasteiger partial charge in [0.15, 0.2) is 24.6 Å². The predicted octanol–water partition coefficient (Wildman–Crippen LogP) is 0.424. The SMILES string of the molecule is C=C[C@H]1[C@H](O[C@@H]2O[C@H](COC(C)=O)[C@@H](OC(C)=O)[C@H](OC(C)=O)[C@H]2OC(C)=O)OC[C@@H]2C(=O)OCC[C@@H]12. The summed E-state index contributed by atoms with van der Waals surface area (Å²) in [5, 5.41) is 0. The van der Waals surface area contributed by atoms with E-state index in [4.69, 9.17) is 37.9 Å². The van der Waals surface area contributed by atoms with Crippen molar-refractivity contribution in [2.45, 2.75) is 71.1 Å². The van der Waals surface area contributed by atoms with Crippen molar-refractivity contribution in [1.29, 1.82) is 0 Å². The molecule has 0 aromatic carbocycles. The average Bonchev–Trinajstić information content (AvgIpc) is 2.80. The van der Waals surface area contributed by atoms with Crippen molar-refractivity contribution in [3.8, 4) is 0 Å². The van der Waals surface area contributed by atoms with Gasteiger partial charge >= 0.3 is 29.8 Å². The third-order valence-corrected chi connectivity index (χ3v) is 6.25. The van der Waals surface area contributed by atoms with E-state index in [2.05, 4.69) is 6.58 Å². The zero-order chi connectivity index (χ0) is 27.3. The minimum Gasteiger partial charge on any atom is -0.465 e. The van der Waals surface area contributed by atoms with Crippen molar-refractivity contribution >= 4 is 29.8 Å². The third-order valence-electron chi connectivity index (χ3n) is 6.25. The van der Waals surface area contributed by atoms with Crippen LogP contribution < -0.4 is 0 Å². The first-order valence-corrected chi connectivity index (χ1v) is 11.9. The minimum absolute atomic E-state index is 0.0176. The van der Waals surface area contributed by atoms with Crippen LogP contribution in [0.5, 0.6) is 0 Å². The van der Waals surface area contributed by atoms with Crippen molar-refractivity contribution in [2.75, 3.05) is 19.8 Å². The quantitative estimate of drug-likeness (QED) is 0.243. The van der Waals surface area contributed by atoms with Crippen LogP contribution in [0, 0.1) is 17.8 Å². The highest BCUT2D eigenvalue weighted by atomic mass is 16.8. The lowest BCUT2D eigenvalue weighted by molar-refractivity contribution is -0.354. The molecular formula is C24H32O13. The first-order valence-electron chi connectivity index (χ1n) is 11.9. The van der Waals surface area contributed by atoms with E-state index in [1.54, 1.807) is 6.08 Å². The Hall–Kier alpha value is -3.03. The first kappa shape index (κ1) is 28.5. The number of cyclic esters (lactones) is 1. The van der Waals surface area contributed by atoms with E-state index in [1.165, 1.54) is 6.92 Å². The fourth-order valence-electron chi connectivity index (χ4n) is 4.79. The highest BCUT2D eigenvalue weighted by Gasteiger charge is 2.55. The normalized spacial score (nSPS) is 35.2. The van der Waals surface area contributed by atoms with Gasteiger partial charge in [-0.15, -0.1) is 6.58 Å². The Bertz CT molecular complexity index is 901. The lowest BCUT2D eigenvalue weighted by Gasteiger charge is -2.47. The average molecular weight is 529 g/mol. The molecule has 13 nitrogen and oxygen atoms in total. The maximum atomic E-state index is 12.2. The topological polar surface area (TPSA) is 159 Å². The van der Waals surface area contributed by atoms with Gasteiger partial charge in [-0.2, -0.15) is 0 Å². The molecule has 3 rings (SSSR count). The minimum atomic E-state index is -1.40. The second-order valence-corrected chi connectivity index (χ2v) is 8.95. The number of hydrogen-bond donors (Lipinski definition) is 0. The molecule has 206 valence electrons. The van der Waals surface area contributed by atoms with Crippen LogP contribution in [-0.2, 0) is 61.9 Å². The Morgan fingerprint density at radius 1 is 0.919 bits per heavy atom. The molecule has 3 heterocycles. The number of ether oxygens (including phenoxy) is 8. The van der Waals surface area contributed by atoms with Crippen LogP contribution in [0.25, 0.3) is 0 Å². The van der Waals surface area contributed by atoms with Gasteiger partial charge in [-0.25, -0.2) is 0 Å². The second kappa shape index (κ2) is 12.5. The van der Waals surface area contributed by atoms with Gasteiger partial charge in [0.2, 0.25) is 6.29 Å². The standard InChI is InChI=1S/C24H32O13/c1-6-15-16-7-8-30-22(29)17(16)9-32-23(15)37-24-21(35-14(5)28)20(34-13(4)27)19(33-12(3)26)18(36-24)10-31-11(2)25/h6,15-21,23-24H,1,7-10H2,2-5H3/t15-,16+,17+,18-,19-,20+,21-,23+,24+/m1/s1. The summed E-state index contributed by atoms with van der Waals surface area (Å²) in [6, 6.07) is 0. The fraction of sp³-hybridized carbons (Fsp3) is 0.708. The zero-order valence-electron chi connectivity index (χ0n) is 21.1. The Kier molecular flexibility index (Phi) is 9.62. The van der Waals surface area contributed by atoms with Crippen molar-refractivity contribution in [3.63, 3.8) is 0 Å². The van der Waals surface area contributed by atoms with E-state index in [0.717, 1.165) is 20.8 Å². The van der Waals surface area contributed by atoms with Crippen LogP contribution in [0.4, 0.5) is 0 Å². The van der Waals surface area contributed by atoms with Gasteiger partial charge in [0, 0.05) is 33.6 Å². The van der Waals surface area contributed by atoms with Gasteiger partial charge in [-0.05, 0) is 12.3 Å². The monoisotopic (exact) mass is 528 g/mol. The fourth-order valence-corrected chi connectivity index (χ4v) is 4.79. The molecule has 37 heavy (non-hydrogen) atoms. The summed E-state index contributed by atoms with van der Waals surface area (Å²) in [7, 11) is 0. The van der Waals surface area contributed by atoms with Crippen molar-refractivity contribution in [2.24, 2.45) is 17.8 Å². The Morgan fingerprint density at radius 2 is 1.54 bits per heavy atom. The molecule has 0 N–H and O–H groups in total. The van der Waals surface area contributed by atoms with Crippen molar-refractivity contribution in [3.05, 3.63) is 12.7 Å². The summed E-state index contributed by atoms with van der Waals surface area (Å²) in [5.74, 6) is -4.38. The van der Waals surface area contributed by atoms with E-state index in [1.807, 2.05) is 0 Å². The van der Waals surface area contributed by atoms with E-state index in [9.17, 15) is 24.0 Å². The van der Waals surface area contributed by atoms with Gasteiger partial charge in [-0.1, -0.05) is 6.08 Å². The number of fused-ring (bicyclic) bond motifs is 1. The Labute approximate surface area is 213 Å². The smallest absolute Gasteiger partial charge is 0.311 e. The highest BCUT2D eigenvalue weighted by molar-refractivity contribution is 5.74. The molecule has 0 bridgehead atoms. The lowest BCUT2D eigenvalue weighted by Crippen LogP contribution is -2.64.